The molecule has 2 heterocycles. The molecule has 2 aromatic heterocycles. The summed E-state index contributed by atoms with van der Waals surface area (Å²) in [5.41, 5.74) is -0.503. The fourth-order valence-electron chi connectivity index (χ4n) is 2.51. The Morgan fingerprint density at radius 1 is 1.11 bits per heavy atom. The smallest absolute Gasteiger partial charge is 0.324 e. The van der Waals surface area contributed by atoms with Gasteiger partial charge in [-0.1, -0.05) is 0 Å². The highest BCUT2D eigenvalue weighted by Crippen LogP contribution is 2.30. The normalized spacial score (nSPS) is 12.6. The predicted molar refractivity (Wildman–Crippen MR) is 101 cm³/mol. The van der Waals surface area contributed by atoms with Crippen LogP contribution in [0.25, 0.3) is 10.6 Å². The molecule has 0 fully saturated rings. The van der Waals surface area contributed by atoms with Crippen LogP contribution in [0.3, 0.4) is 0 Å². The van der Waals surface area contributed by atoms with Crippen molar-refractivity contribution in [2.24, 2.45) is 0 Å². The molecular formula is C19H16F3N3O2S. The SMILES string of the molecule is Cc1ccc(-c2ccc(=O)n(C(C)C(=O)Nc3ccc(C(F)(F)F)cc3)n2)s1. The molecule has 0 saturated heterocycles. The minimum absolute atomic E-state index is 0.197. The Hall–Kier alpha value is -2.94. The maximum absolute atomic E-state index is 12.6. The number of aromatic nitrogens is 2. The third kappa shape index (κ3) is 4.30. The number of hydrogen-bond donors (Lipinski definition) is 1. The second-order valence-corrected chi connectivity index (χ2v) is 7.44. The van der Waals surface area contributed by atoms with Gasteiger partial charge in [-0.25, -0.2) is 4.68 Å². The summed E-state index contributed by atoms with van der Waals surface area (Å²) < 4.78 is 38.9. The van der Waals surface area contributed by atoms with Crippen molar-refractivity contribution < 1.29 is 18.0 Å². The lowest BCUT2D eigenvalue weighted by Crippen LogP contribution is -2.33. The van der Waals surface area contributed by atoms with Crippen LogP contribution in [0.5, 0.6) is 0 Å². The van der Waals surface area contributed by atoms with Crippen molar-refractivity contribution in [1.29, 1.82) is 0 Å². The third-order valence-corrected chi connectivity index (χ3v) is 5.07. The van der Waals surface area contributed by atoms with E-state index in [1.165, 1.54) is 24.3 Å². The molecule has 0 saturated carbocycles. The standard InChI is InChI=1S/C19H16F3N3O2S/c1-11-3-9-16(28-11)15-8-10-17(26)25(24-15)12(2)18(27)23-14-6-4-13(5-7-14)19(20,21)22/h3-10,12H,1-2H3,(H,23,27). The molecule has 1 unspecified atom stereocenters. The predicted octanol–water partition coefficient (Wildman–Crippen LogP) is 4.50. The van der Waals surface area contributed by atoms with Crippen LogP contribution >= 0.6 is 11.3 Å². The van der Waals surface area contributed by atoms with E-state index in [-0.39, 0.29) is 5.69 Å². The first-order valence-corrected chi connectivity index (χ1v) is 9.11. The number of halogens is 3. The second-order valence-electron chi connectivity index (χ2n) is 6.15. The third-order valence-electron chi connectivity index (χ3n) is 4.04. The maximum atomic E-state index is 12.6. The summed E-state index contributed by atoms with van der Waals surface area (Å²) in [6.45, 7) is 3.45. The van der Waals surface area contributed by atoms with Crippen molar-refractivity contribution in [2.75, 3.05) is 5.32 Å². The fourth-order valence-corrected chi connectivity index (χ4v) is 3.34. The molecule has 0 bridgehead atoms. The Bertz CT molecular complexity index is 1060. The first-order valence-electron chi connectivity index (χ1n) is 8.30. The minimum Gasteiger partial charge on any atom is -0.324 e. The van der Waals surface area contributed by atoms with Crippen molar-refractivity contribution in [2.45, 2.75) is 26.1 Å². The summed E-state index contributed by atoms with van der Waals surface area (Å²) in [4.78, 5) is 26.6. The zero-order chi connectivity index (χ0) is 20.5. The number of nitrogens with one attached hydrogen (secondary N) is 1. The summed E-state index contributed by atoms with van der Waals surface area (Å²) in [7, 11) is 0. The van der Waals surface area contributed by atoms with Gasteiger partial charge in [0.05, 0.1) is 10.4 Å². The van der Waals surface area contributed by atoms with Crippen molar-refractivity contribution in [1.82, 2.24) is 9.78 Å². The first kappa shape index (κ1) is 19.8. The largest absolute Gasteiger partial charge is 0.416 e. The average molecular weight is 407 g/mol. The molecule has 0 radical (unpaired) electrons. The van der Waals surface area contributed by atoms with Gasteiger partial charge in [0.15, 0.2) is 0 Å². The Morgan fingerprint density at radius 3 is 2.36 bits per heavy atom. The van der Waals surface area contributed by atoms with Crippen molar-refractivity contribution in [3.8, 4) is 10.6 Å². The molecule has 1 N–H and O–H groups in total. The number of rotatable bonds is 4. The lowest BCUT2D eigenvalue weighted by molar-refractivity contribution is -0.137. The molecule has 5 nitrogen and oxygen atoms in total. The molecule has 146 valence electrons. The van der Waals surface area contributed by atoms with Gasteiger partial charge in [-0.3, -0.25) is 9.59 Å². The van der Waals surface area contributed by atoms with Gasteiger partial charge in [0.1, 0.15) is 11.7 Å². The Morgan fingerprint density at radius 2 is 1.79 bits per heavy atom. The summed E-state index contributed by atoms with van der Waals surface area (Å²) in [6.07, 6.45) is -4.45. The Kier molecular flexibility index (Phi) is 5.37. The van der Waals surface area contributed by atoms with Gasteiger partial charge < -0.3 is 5.32 Å². The van der Waals surface area contributed by atoms with Gasteiger partial charge in [-0.2, -0.15) is 18.3 Å². The number of anilines is 1. The van der Waals surface area contributed by atoms with Gasteiger partial charge >= 0.3 is 6.18 Å². The number of carbonyl (C=O) groups is 1. The van der Waals surface area contributed by atoms with Crippen LogP contribution in [0.15, 0.2) is 53.3 Å². The highest BCUT2D eigenvalue weighted by molar-refractivity contribution is 7.15. The number of carbonyl (C=O) groups excluding carboxylic acids is 1. The molecule has 3 rings (SSSR count). The van der Waals surface area contributed by atoms with Gasteiger partial charge in [0.2, 0.25) is 5.91 Å². The van der Waals surface area contributed by atoms with Gasteiger partial charge in [0.25, 0.3) is 5.56 Å². The topological polar surface area (TPSA) is 64.0 Å². The van der Waals surface area contributed by atoms with E-state index in [2.05, 4.69) is 10.4 Å². The minimum atomic E-state index is -4.45. The van der Waals surface area contributed by atoms with Crippen LogP contribution in [-0.2, 0) is 11.0 Å². The molecule has 1 aromatic carbocycles. The maximum Gasteiger partial charge on any atom is 0.416 e. The molecule has 1 amide bonds. The molecule has 0 spiro atoms. The number of thiophene rings is 1. The zero-order valence-corrected chi connectivity index (χ0v) is 15.8. The lowest BCUT2D eigenvalue weighted by Gasteiger charge is -2.15. The van der Waals surface area contributed by atoms with Gasteiger partial charge in [-0.15, -0.1) is 11.3 Å². The molecule has 0 aliphatic heterocycles. The number of benzene rings is 1. The van der Waals surface area contributed by atoms with Crippen molar-refractivity contribution in [3.63, 3.8) is 0 Å². The zero-order valence-electron chi connectivity index (χ0n) is 14.9. The van der Waals surface area contributed by atoms with Crippen LogP contribution in [0.1, 0.15) is 23.4 Å². The number of amides is 1. The van der Waals surface area contributed by atoms with Crippen molar-refractivity contribution >= 4 is 22.9 Å². The molecule has 0 aliphatic rings. The van der Waals surface area contributed by atoms with E-state index in [4.69, 9.17) is 0 Å². The van der Waals surface area contributed by atoms with Crippen LogP contribution in [-0.4, -0.2) is 15.7 Å². The number of alkyl halides is 3. The van der Waals surface area contributed by atoms with Crippen molar-refractivity contribution in [3.05, 3.63) is 69.3 Å². The summed E-state index contributed by atoms with van der Waals surface area (Å²) >= 11 is 1.51. The molecule has 9 heteroatoms. The fraction of sp³-hybridized carbons (Fsp3) is 0.211. The highest BCUT2D eigenvalue weighted by Gasteiger charge is 2.30. The molecular weight excluding hydrogens is 391 g/mol. The summed E-state index contributed by atoms with van der Waals surface area (Å²) in [5, 5.41) is 6.78. The van der Waals surface area contributed by atoms with E-state index in [1.807, 2.05) is 19.1 Å². The van der Waals surface area contributed by atoms with E-state index in [0.29, 0.717) is 5.69 Å². The van der Waals surface area contributed by atoms with Gasteiger partial charge in [0, 0.05) is 16.6 Å². The van der Waals surface area contributed by atoms with Gasteiger partial charge in [-0.05, 0) is 56.3 Å². The van der Waals surface area contributed by atoms with E-state index < -0.39 is 29.2 Å². The van der Waals surface area contributed by atoms with Crippen LogP contribution in [0.4, 0.5) is 18.9 Å². The number of hydrogen-bond acceptors (Lipinski definition) is 4. The van der Waals surface area contributed by atoms with Crippen LogP contribution in [0.2, 0.25) is 0 Å². The molecule has 0 aliphatic carbocycles. The first-order chi connectivity index (χ1) is 13.1. The van der Waals surface area contributed by atoms with E-state index in [1.54, 1.807) is 6.07 Å². The Balaban J connectivity index is 1.80. The quantitative estimate of drug-likeness (QED) is 0.693. The lowest BCUT2D eigenvalue weighted by atomic mass is 10.2. The summed E-state index contributed by atoms with van der Waals surface area (Å²) in [5.74, 6) is -0.561. The monoisotopic (exact) mass is 407 g/mol. The number of aryl methyl sites for hydroxylation is 1. The summed E-state index contributed by atoms with van der Waals surface area (Å²) in [6, 6.07) is 9.86. The van der Waals surface area contributed by atoms with E-state index in [9.17, 15) is 22.8 Å². The highest BCUT2D eigenvalue weighted by atomic mass is 32.1. The Labute approximate surface area is 162 Å². The average Bonchev–Trinajstić information content (AvgIpc) is 3.07. The molecule has 3 aromatic rings. The van der Waals surface area contributed by atoms with Crippen LogP contribution in [0, 0.1) is 6.92 Å². The second kappa shape index (κ2) is 7.59. The van der Waals surface area contributed by atoms with E-state index >= 15 is 0 Å². The molecule has 1 atom stereocenters. The molecule has 28 heavy (non-hydrogen) atoms. The number of nitrogens with zero attached hydrogens (tertiary/aromatic N) is 2. The van der Waals surface area contributed by atoms with E-state index in [0.717, 1.165) is 38.7 Å². The van der Waals surface area contributed by atoms with Crippen LogP contribution < -0.4 is 10.9 Å².